The van der Waals surface area contributed by atoms with Crippen LogP contribution in [0.15, 0.2) is 40.8 Å². The largest absolute Gasteiger partial charge is 0.495 e. The zero-order chi connectivity index (χ0) is 21.1. The molecule has 0 bridgehead atoms. The lowest BCUT2D eigenvalue weighted by molar-refractivity contribution is 0.0992. The van der Waals surface area contributed by atoms with Crippen molar-refractivity contribution in [1.82, 2.24) is 0 Å². The maximum atomic E-state index is 13.6. The van der Waals surface area contributed by atoms with Crippen LogP contribution in [-0.4, -0.2) is 13.0 Å². The van der Waals surface area contributed by atoms with Crippen LogP contribution in [0.5, 0.6) is 11.5 Å². The number of ether oxygens (including phenoxy) is 2. The number of hydrogen-bond acceptors (Lipinski definition) is 4. The van der Waals surface area contributed by atoms with Crippen molar-refractivity contribution in [1.29, 1.82) is 0 Å². The minimum Gasteiger partial charge on any atom is -0.495 e. The van der Waals surface area contributed by atoms with Gasteiger partial charge < -0.3 is 19.2 Å². The molecule has 3 rings (SSSR count). The van der Waals surface area contributed by atoms with Crippen LogP contribution in [0.1, 0.15) is 21.9 Å². The molecule has 1 aromatic heterocycles. The molecule has 0 fully saturated rings. The predicted octanol–water partition coefficient (Wildman–Crippen LogP) is 4.98. The summed E-state index contributed by atoms with van der Waals surface area (Å²) >= 11 is 0. The van der Waals surface area contributed by atoms with E-state index in [1.54, 1.807) is 12.1 Å². The van der Waals surface area contributed by atoms with Crippen molar-refractivity contribution in [3.63, 3.8) is 0 Å². The summed E-state index contributed by atoms with van der Waals surface area (Å²) in [4.78, 5) is 12.4. The molecule has 0 aliphatic carbocycles. The Labute approximate surface area is 162 Å². The highest BCUT2D eigenvalue weighted by molar-refractivity contribution is 6.03. The molecule has 9 heteroatoms. The van der Waals surface area contributed by atoms with Gasteiger partial charge in [-0.25, -0.2) is 8.78 Å². The van der Waals surface area contributed by atoms with Crippen molar-refractivity contribution in [2.75, 3.05) is 12.4 Å². The normalized spacial score (nSPS) is 10.7. The second-order valence-electron chi connectivity index (χ2n) is 6.01. The first-order valence-corrected chi connectivity index (χ1v) is 8.30. The predicted molar refractivity (Wildman–Crippen MR) is 95.0 cm³/mol. The quantitative estimate of drug-likeness (QED) is 0.461. The first kappa shape index (κ1) is 20.2. The number of methoxy groups -OCH3 is 1. The average molecular weight is 409 g/mol. The number of carbonyl (C=O) groups excluding carboxylic acids is 1. The molecule has 0 radical (unpaired) electrons. The lowest BCUT2D eigenvalue weighted by atomic mass is 10.2. The van der Waals surface area contributed by atoms with Crippen molar-refractivity contribution in [3.8, 4) is 11.5 Å². The van der Waals surface area contributed by atoms with Crippen LogP contribution in [0, 0.1) is 30.2 Å². The molecular weight excluding hydrogens is 394 g/mol. The summed E-state index contributed by atoms with van der Waals surface area (Å²) in [6.07, 6.45) is 0. The molecule has 1 N–H and O–H groups in total. The Morgan fingerprint density at radius 3 is 2.38 bits per heavy atom. The first-order valence-electron chi connectivity index (χ1n) is 8.30. The lowest BCUT2D eigenvalue weighted by Crippen LogP contribution is -2.12. The summed E-state index contributed by atoms with van der Waals surface area (Å²) in [5, 5.41) is 2.62. The van der Waals surface area contributed by atoms with Crippen LogP contribution < -0.4 is 14.8 Å². The van der Waals surface area contributed by atoms with Gasteiger partial charge in [0, 0.05) is 6.07 Å². The van der Waals surface area contributed by atoms with Crippen molar-refractivity contribution in [2.24, 2.45) is 0 Å². The molecule has 2 aromatic carbocycles. The molecule has 0 atom stereocenters. The highest BCUT2D eigenvalue weighted by Crippen LogP contribution is 2.28. The zero-order valence-corrected chi connectivity index (χ0v) is 15.3. The molecule has 0 aliphatic heterocycles. The minimum absolute atomic E-state index is 0.00910. The Morgan fingerprint density at radius 2 is 1.72 bits per heavy atom. The van der Waals surface area contributed by atoms with Crippen molar-refractivity contribution >= 4 is 11.6 Å². The number of benzene rings is 2. The molecular formula is C20H15F4NO4. The molecule has 3 aromatic rings. The summed E-state index contributed by atoms with van der Waals surface area (Å²) < 4.78 is 68.9. The van der Waals surface area contributed by atoms with Crippen LogP contribution in [0.25, 0.3) is 0 Å². The van der Waals surface area contributed by atoms with Crippen LogP contribution in [0.2, 0.25) is 0 Å². The van der Waals surface area contributed by atoms with Crippen molar-refractivity contribution in [2.45, 2.75) is 13.5 Å². The number of furan rings is 1. The van der Waals surface area contributed by atoms with Crippen LogP contribution in [0.3, 0.4) is 0 Å². The van der Waals surface area contributed by atoms with E-state index in [9.17, 15) is 22.4 Å². The average Bonchev–Trinajstić information content (AvgIpc) is 3.16. The van der Waals surface area contributed by atoms with Gasteiger partial charge in [0.05, 0.1) is 12.8 Å². The van der Waals surface area contributed by atoms with Gasteiger partial charge in [-0.2, -0.15) is 8.78 Å². The second kappa shape index (κ2) is 8.26. The van der Waals surface area contributed by atoms with Gasteiger partial charge in [-0.15, -0.1) is 0 Å². The molecule has 1 heterocycles. The summed E-state index contributed by atoms with van der Waals surface area (Å²) in [6.45, 7) is 1.28. The van der Waals surface area contributed by atoms with E-state index >= 15 is 0 Å². The van der Waals surface area contributed by atoms with Gasteiger partial charge in [0.25, 0.3) is 5.91 Å². The summed E-state index contributed by atoms with van der Waals surface area (Å²) in [5.74, 6) is -7.99. The Bertz CT molecular complexity index is 1040. The zero-order valence-electron chi connectivity index (χ0n) is 15.3. The van der Waals surface area contributed by atoms with Gasteiger partial charge in [0.15, 0.2) is 23.1 Å². The first-order chi connectivity index (χ1) is 13.8. The van der Waals surface area contributed by atoms with E-state index in [0.29, 0.717) is 11.4 Å². The van der Waals surface area contributed by atoms with Crippen LogP contribution in [-0.2, 0) is 6.61 Å². The van der Waals surface area contributed by atoms with E-state index in [-0.39, 0.29) is 17.6 Å². The summed E-state index contributed by atoms with van der Waals surface area (Å²) in [7, 11) is 1.45. The molecule has 5 nitrogen and oxygen atoms in total. The van der Waals surface area contributed by atoms with Gasteiger partial charge >= 0.3 is 0 Å². The number of rotatable bonds is 6. The Balaban J connectivity index is 1.72. The molecule has 0 saturated carbocycles. The third-order valence-corrected chi connectivity index (χ3v) is 3.92. The van der Waals surface area contributed by atoms with Crippen LogP contribution in [0.4, 0.5) is 23.2 Å². The van der Waals surface area contributed by atoms with Crippen LogP contribution >= 0.6 is 0 Å². The van der Waals surface area contributed by atoms with E-state index in [0.717, 1.165) is 5.56 Å². The van der Waals surface area contributed by atoms with Crippen molar-refractivity contribution < 1.29 is 36.2 Å². The van der Waals surface area contributed by atoms with Gasteiger partial charge in [-0.3, -0.25) is 4.79 Å². The molecule has 152 valence electrons. The number of nitrogens with one attached hydrogen (secondary N) is 1. The third kappa shape index (κ3) is 4.34. The number of hydrogen-bond donors (Lipinski definition) is 1. The number of carbonyl (C=O) groups is 1. The van der Waals surface area contributed by atoms with Gasteiger partial charge in [0.1, 0.15) is 18.1 Å². The standard InChI is InChI=1S/C20H15F4NO4/c1-10-3-5-15(27-2)14(7-10)25-20(26)16-6-4-11(29-16)9-28-19-17(23)12(21)8-13(22)18(19)24/h3-8H,9H2,1-2H3,(H,25,26). The summed E-state index contributed by atoms with van der Waals surface area (Å²) in [6, 6.07) is 7.92. The fourth-order valence-electron chi connectivity index (χ4n) is 2.50. The Kier molecular flexibility index (Phi) is 5.76. The maximum Gasteiger partial charge on any atom is 0.291 e. The summed E-state index contributed by atoms with van der Waals surface area (Å²) in [5.41, 5.74) is 1.31. The molecule has 0 spiro atoms. The molecule has 1 amide bonds. The van der Waals surface area contributed by atoms with Gasteiger partial charge in [-0.05, 0) is 36.8 Å². The fourth-order valence-corrected chi connectivity index (χ4v) is 2.50. The highest BCUT2D eigenvalue weighted by Gasteiger charge is 2.21. The lowest BCUT2D eigenvalue weighted by Gasteiger charge is -2.10. The number of amides is 1. The second-order valence-corrected chi connectivity index (χ2v) is 6.01. The number of halogens is 4. The van der Waals surface area contributed by atoms with Gasteiger partial charge in [0.2, 0.25) is 11.6 Å². The molecule has 0 unspecified atom stereocenters. The minimum atomic E-state index is -1.67. The van der Waals surface area contributed by atoms with E-state index in [1.165, 1.54) is 19.2 Å². The van der Waals surface area contributed by atoms with Crippen molar-refractivity contribution in [3.05, 3.63) is 76.8 Å². The number of anilines is 1. The molecule has 29 heavy (non-hydrogen) atoms. The van der Waals surface area contributed by atoms with E-state index in [4.69, 9.17) is 13.9 Å². The highest BCUT2D eigenvalue weighted by atomic mass is 19.2. The monoisotopic (exact) mass is 409 g/mol. The SMILES string of the molecule is COc1ccc(C)cc1NC(=O)c1ccc(COc2c(F)c(F)cc(F)c2F)o1. The molecule has 0 saturated heterocycles. The topological polar surface area (TPSA) is 60.7 Å². The third-order valence-electron chi connectivity index (χ3n) is 3.92. The van der Waals surface area contributed by atoms with E-state index in [2.05, 4.69) is 5.32 Å². The fraction of sp³-hybridized carbons (Fsp3) is 0.150. The van der Waals surface area contributed by atoms with E-state index < -0.39 is 41.5 Å². The Morgan fingerprint density at radius 1 is 1.03 bits per heavy atom. The Hall–Kier alpha value is -3.49. The maximum absolute atomic E-state index is 13.6. The molecule has 0 aliphatic rings. The smallest absolute Gasteiger partial charge is 0.291 e. The van der Waals surface area contributed by atoms with E-state index in [1.807, 2.05) is 13.0 Å². The number of aryl methyl sites for hydroxylation is 1. The van der Waals surface area contributed by atoms with Gasteiger partial charge in [-0.1, -0.05) is 6.07 Å².